The molecule has 0 amide bonds. The molecule has 0 bridgehead atoms. The van der Waals surface area contributed by atoms with E-state index in [9.17, 15) is 15.3 Å². The van der Waals surface area contributed by atoms with Crippen molar-refractivity contribution in [2.75, 3.05) is 0 Å². The van der Waals surface area contributed by atoms with Crippen LogP contribution in [0.25, 0.3) is 33.8 Å². The van der Waals surface area contributed by atoms with Gasteiger partial charge in [-0.15, -0.1) is 0 Å². The maximum atomic E-state index is 9.58. The molecule has 0 saturated heterocycles. The minimum atomic E-state index is -0.556. The van der Waals surface area contributed by atoms with Crippen molar-refractivity contribution in [2.45, 2.75) is 26.1 Å². The number of benzene rings is 3. The topological polar surface area (TPSA) is 114 Å². The minimum absolute atomic E-state index is 0.0434. The number of aliphatic hydroxyl groups is 3. The molecule has 40 heavy (non-hydrogen) atoms. The Morgan fingerprint density at radius 3 is 1.10 bits per heavy atom. The number of aliphatic hydroxyl groups excluding tert-OH is 3. The predicted octanol–water partition coefficient (Wildman–Crippen LogP) is 4.31. The van der Waals surface area contributed by atoms with Crippen LogP contribution in [0.2, 0.25) is 0 Å². The van der Waals surface area contributed by atoms with Crippen LogP contribution >= 0.6 is 0 Å². The van der Waals surface area contributed by atoms with E-state index in [0.29, 0.717) is 0 Å². The lowest BCUT2D eigenvalue weighted by atomic mass is 10.1. The molecule has 0 saturated carbocycles. The first kappa shape index (κ1) is 25.4. The molecule has 0 unspecified atom stereocenters. The summed E-state index contributed by atoms with van der Waals surface area (Å²) in [5.41, 5.74) is 7.39. The molecular formula is C31H28N6O3. The van der Waals surface area contributed by atoms with Crippen LogP contribution in [0, 0.1) is 0 Å². The summed E-state index contributed by atoms with van der Waals surface area (Å²) in [4.78, 5) is 0. The van der Waals surface area contributed by atoms with E-state index in [-0.39, 0.29) is 19.8 Å². The molecule has 0 aliphatic rings. The monoisotopic (exact) mass is 532 g/mol. The molecule has 3 aromatic carbocycles. The molecule has 0 spiro atoms. The van der Waals surface area contributed by atoms with Gasteiger partial charge < -0.3 is 15.3 Å². The Morgan fingerprint density at radius 2 is 0.800 bits per heavy atom. The van der Waals surface area contributed by atoms with Crippen molar-refractivity contribution >= 4 is 0 Å². The summed E-state index contributed by atoms with van der Waals surface area (Å²) >= 11 is 0. The lowest BCUT2D eigenvalue weighted by molar-refractivity contribution is 0.281. The number of rotatable bonds is 9. The Morgan fingerprint density at radius 1 is 0.475 bits per heavy atom. The number of nitrogens with zero attached hydrogens (tertiary/aromatic N) is 6. The highest BCUT2D eigenvalue weighted by molar-refractivity contribution is 5.61. The molecule has 200 valence electrons. The summed E-state index contributed by atoms with van der Waals surface area (Å²) < 4.78 is 5.38. The molecule has 3 N–H and O–H groups in total. The van der Waals surface area contributed by atoms with Gasteiger partial charge >= 0.3 is 0 Å². The van der Waals surface area contributed by atoms with Gasteiger partial charge in [0.1, 0.15) is 0 Å². The molecule has 3 heterocycles. The van der Waals surface area contributed by atoms with Crippen molar-refractivity contribution in [1.82, 2.24) is 29.3 Å². The molecule has 0 atom stereocenters. The molecule has 6 aromatic rings. The Hall–Kier alpha value is -4.83. The van der Waals surface area contributed by atoms with E-state index in [4.69, 9.17) is 15.3 Å². The van der Waals surface area contributed by atoms with Crippen LogP contribution in [-0.4, -0.2) is 44.7 Å². The van der Waals surface area contributed by atoms with Gasteiger partial charge in [-0.1, -0.05) is 54.6 Å². The van der Waals surface area contributed by atoms with Gasteiger partial charge in [-0.25, -0.2) is 14.0 Å². The van der Waals surface area contributed by atoms with E-state index in [1.165, 1.54) is 0 Å². The largest absolute Gasteiger partial charge is 0.392 e. The Balaban J connectivity index is 1.42. The fourth-order valence-corrected chi connectivity index (χ4v) is 4.71. The zero-order chi connectivity index (χ0) is 27.5. The Kier molecular flexibility index (Phi) is 7.07. The third-order valence-electron chi connectivity index (χ3n) is 6.75. The van der Waals surface area contributed by atoms with Crippen molar-refractivity contribution in [3.63, 3.8) is 0 Å². The quantitative estimate of drug-likeness (QED) is 0.256. The van der Waals surface area contributed by atoms with Crippen LogP contribution in [-0.2, 0) is 19.8 Å². The van der Waals surface area contributed by atoms with Crippen LogP contribution in [0.3, 0.4) is 0 Å². The molecule has 0 aliphatic carbocycles. The molecule has 0 radical (unpaired) electrons. The van der Waals surface area contributed by atoms with E-state index in [2.05, 4.69) is 0 Å². The van der Waals surface area contributed by atoms with E-state index in [0.717, 1.165) is 50.5 Å². The third-order valence-corrected chi connectivity index (χ3v) is 6.75. The SMILES string of the molecule is OCc1cccc(-c2ccn(C(n3ccc(-c4cccc(CO)c4)n3)n3ccc(-c4cccc(CO)c4)n3)n2)c1. The minimum Gasteiger partial charge on any atom is -0.392 e. The van der Waals surface area contributed by atoms with Gasteiger partial charge in [-0.2, -0.15) is 15.3 Å². The van der Waals surface area contributed by atoms with Gasteiger partial charge in [-0.3, -0.25) is 0 Å². The summed E-state index contributed by atoms with van der Waals surface area (Å²) in [5, 5.41) is 43.4. The van der Waals surface area contributed by atoms with Gasteiger partial charge in [0, 0.05) is 35.3 Å². The summed E-state index contributed by atoms with van der Waals surface area (Å²) in [6, 6.07) is 28.7. The van der Waals surface area contributed by atoms with Gasteiger partial charge in [-0.05, 0) is 53.1 Å². The molecular weight excluding hydrogens is 504 g/mol. The van der Waals surface area contributed by atoms with E-state index < -0.39 is 6.29 Å². The maximum absolute atomic E-state index is 9.58. The second-order valence-corrected chi connectivity index (χ2v) is 9.46. The summed E-state index contributed by atoms with van der Waals surface area (Å²) in [6.07, 6.45) is 5.09. The molecule has 9 heteroatoms. The van der Waals surface area contributed by atoms with Crippen molar-refractivity contribution < 1.29 is 15.3 Å². The van der Waals surface area contributed by atoms with Gasteiger partial charge in [0.15, 0.2) is 0 Å². The highest BCUT2D eigenvalue weighted by atomic mass is 16.3. The molecule has 9 nitrogen and oxygen atoms in total. The number of aromatic nitrogens is 6. The lowest BCUT2D eigenvalue weighted by Gasteiger charge is -2.19. The second kappa shape index (κ2) is 11.1. The van der Waals surface area contributed by atoms with Crippen LogP contribution in [0.4, 0.5) is 0 Å². The predicted molar refractivity (Wildman–Crippen MR) is 151 cm³/mol. The average molecular weight is 533 g/mol. The first-order valence-corrected chi connectivity index (χ1v) is 12.9. The molecule has 6 rings (SSSR count). The zero-order valence-corrected chi connectivity index (χ0v) is 21.6. The fraction of sp³-hybridized carbons (Fsp3) is 0.129. The number of hydrogen-bond donors (Lipinski definition) is 3. The molecule has 0 aliphatic heterocycles. The first-order valence-electron chi connectivity index (χ1n) is 12.9. The second-order valence-electron chi connectivity index (χ2n) is 9.46. The van der Waals surface area contributed by atoms with E-state index >= 15 is 0 Å². The normalized spacial score (nSPS) is 11.4. The van der Waals surface area contributed by atoms with Crippen LogP contribution < -0.4 is 0 Å². The van der Waals surface area contributed by atoms with E-state index in [1.54, 1.807) is 14.0 Å². The first-order chi connectivity index (χ1) is 19.6. The van der Waals surface area contributed by atoms with Crippen LogP contribution in [0.1, 0.15) is 23.0 Å². The zero-order valence-electron chi connectivity index (χ0n) is 21.6. The maximum Gasteiger partial charge on any atom is 0.238 e. The van der Waals surface area contributed by atoms with Crippen LogP contribution in [0.15, 0.2) is 110 Å². The van der Waals surface area contributed by atoms with Gasteiger partial charge in [0.05, 0.1) is 36.9 Å². The van der Waals surface area contributed by atoms with Crippen molar-refractivity contribution in [3.8, 4) is 33.8 Å². The molecule has 0 fully saturated rings. The van der Waals surface area contributed by atoms with E-state index in [1.807, 2.05) is 110 Å². The standard InChI is InChI=1S/C31H28N6O3/c38-19-22-4-1-7-25(16-22)28-10-13-35(32-28)31(36-14-11-29(33-36)26-8-2-5-23(17-26)20-39)37-15-12-30(34-37)27-9-3-6-24(18-27)21-40/h1-18,31,38-40H,19-21H2. The lowest BCUT2D eigenvalue weighted by Crippen LogP contribution is -2.27. The Labute approximate surface area is 230 Å². The third kappa shape index (κ3) is 5.08. The van der Waals surface area contributed by atoms with Crippen molar-refractivity contribution in [1.29, 1.82) is 0 Å². The fourth-order valence-electron chi connectivity index (χ4n) is 4.71. The highest BCUT2D eigenvalue weighted by Crippen LogP contribution is 2.25. The number of hydrogen-bond acceptors (Lipinski definition) is 6. The van der Waals surface area contributed by atoms with Crippen LogP contribution in [0.5, 0.6) is 0 Å². The summed E-state index contributed by atoms with van der Waals surface area (Å²) in [5.74, 6) is 0. The van der Waals surface area contributed by atoms with Gasteiger partial charge in [0.2, 0.25) is 6.29 Å². The molecule has 3 aromatic heterocycles. The van der Waals surface area contributed by atoms with Crippen molar-refractivity contribution in [3.05, 3.63) is 126 Å². The Bertz CT molecular complexity index is 1550. The summed E-state index contributed by atoms with van der Waals surface area (Å²) in [7, 11) is 0. The average Bonchev–Trinajstić information content (AvgIpc) is 3.80. The van der Waals surface area contributed by atoms with Gasteiger partial charge in [0.25, 0.3) is 0 Å². The van der Waals surface area contributed by atoms with Crippen molar-refractivity contribution in [2.24, 2.45) is 0 Å². The summed E-state index contributed by atoms with van der Waals surface area (Å²) in [6.45, 7) is -0.130. The highest BCUT2D eigenvalue weighted by Gasteiger charge is 2.21. The smallest absolute Gasteiger partial charge is 0.238 e.